The average Bonchev–Trinajstić information content (AvgIpc) is 3.19. The van der Waals surface area contributed by atoms with Gasteiger partial charge in [-0.05, 0) is 42.2 Å². The summed E-state index contributed by atoms with van der Waals surface area (Å²) in [6.07, 6.45) is 1.41. The predicted octanol–water partition coefficient (Wildman–Crippen LogP) is 2.24. The summed E-state index contributed by atoms with van der Waals surface area (Å²) in [6.45, 7) is 8.41. The highest BCUT2D eigenvalue weighted by molar-refractivity contribution is 5.97. The lowest BCUT2D eigenvalue weighted by Crippen LogP contribution is -2.46. The second-order valence-electron chi connectivity index (χ2n) is 7.55. The number of amides is 3. The summed E-state index contributed by atoms with van der Waals surface area (Å²) in [7, 11) is 0. The van der Waals surface area contributed by atoms with E-state index in [9.17, 15) is 14.4 Å². The molecule has 1 aromatic carbocycles. The van der Waals surface area contributed by atoms with Gasteiger partial charge in [0.25, 0.3) is 11.8 Å². The third-order valence-corrected chi connectivity index (χ3v) is 4.21. The second kappa shape index (κ2) is 9.21. The number of nitrogens with one attached hydrogen (secondary N) is 3. The molecule has 3 N–H and O–H groups in total. The van der Waals surface area contributed by atoms with E-state index in [1.165, 1.54) is 6.26 Å². The number of hydrogen-bond donors (Lipinski definition) is 3. The molecule has 7 heteroatoms. The van der Waals surface area contributed by atoms with E-state index in [1.807, 2.05) is 12.1 Å². The van der Waals surface area contributed by atoms with Crippen molar-refractivity contribution >= 4 is 17.7 Å². The van der Waals surface area contributed by atoms with Crippen molar-refractivity contribution < 1.29 is 18.8 Å². The van der Waals surface area contributed by atoms with Crippen LogP contribution in [0.4, 0.5) is 0 Å². The van der Waals surface area contributed by atoms with Crippen LogP contribution in [0, 0.1) is 0 Å². The summed E-state index contributed by atoms with van der Waals surface area (Å²) >= 11 is 0. The highest BCUT2D eigenvalue weighted by Gasteiger charge is 2.18. The molecule has 1 atom stereocenters. The van der Waals surface area contributed by atoms with Crippen LogP contribution >= 0.6 is 0 Å². The van der Waals surface area contributed by atoms with E-state index >= 15 is 0 Å². The molecule has 0 aliphatic carbocycles. The van der Waals surface area contributed by atoms with Crippen LogP contribution in [0.5, 0.6) is 0 Å². The Morgan fingerprint density at radius 3 is 2.18 bits per heavy atom. The molecule has 1 heterocycles. The monoisotopic (exact) mass is 385 g/mol. The first kappa shape index (κ1) is 21.2. The number of hydrogen-bond acceptors (Lipinski definition) is 4. The maximum atomic E-state index is 12.3. The molecule has 7 nitrogen and oxygen atoms in total. The maximum Gasteiger partial charge on any atom is 0.287 e. The molecule has 1 aromatic heterocycles. The number of carbonyl (C=O) groups excluding carboxylic acids is 3. The van der Waals surface area contributed by atoms with E-state index in [0.717, 1.165) is 5.56 Å². The van der Waals surface area contributed by atoms with Gasteiger partial charge < -0.3 is 20.4 Å². The van der Waals surface area contributed by atoms with E-state index in [4.69, 9.17) is 4.42 Å². The molecule has 150 valence electrons. The Labute approximate surface area is 164 Å². The van der Waals surface area contributed by atoms with Crippen molar-refractivity contribution in [2.75, 3.05) is 13.1 Å². The fourth-order valence-corrected chi connectivity index (χ4v) is 2.48. The molecule has 3 amide bonds. The zero-order chi connectivity index (χ0) is 20.7. The van der Waals surface area contributed by atoms with Crippen LogP contribution in [0.3, 0.4) is 0 Å². The van der Waals surface area contributed by atoms with Gasteiger partial charge in [-0.15, -0.1) is 0 Å². The van der Waals surface area contributed by atoms with Crippen LogP contribution in [0.25, 0.3) is 0 Å². The minimum absolute atomic E-state index is 0.00847. The average molecular weight is 385 g/mol. The smallest absolute Gasteiger partial charge is 0.287 e. The Kier molecular flexibility index (Phi) is 6.98. The molecule has 1 unspecified atom stereocenters. The Morgan fingerprint density at radius 2 is 1.61 bits per heavy atom. The summed E-state index contributed by atoms with van der Waals surface area (Å²) in [5.41, 5.74) is 1.64. The van der Waals surface area contributed by atoms with E-state index in [2.05, 4.69) is 36.7 Å². The molecule has 0 spiro atoms. The number of benzene rings is 1. The lowest BCUT2D eigenvalue weighted by Gasteiger charge is -2.19. The van der Waals surface area contributed by atoms with Crippen LogP contribution in [0.15, 0.2) is 47.1 Å². The first-order chi connectivity index (χ1) is 13.2. The van der Waals surface area contributed by atoms with Crippen molar-refractivity contribution in [1.82, 2.24) is 16.0 Å². The van der Waals surface area contributed by atoms with Gasteiger partial charge in [-0.2, -0.15) is 0 Å². The van der Waals surface area contributed by atoms with Crippen molar-refractivity contribution in [1.29, 1.82) is 0 Å². The van der Waals surface area contributed by atoms with E-state index < -0.39 is 6.04 Å². The van der Waals surface area contributed by atoms with Crippen molar-refractivity contribution in [3.8, 4) is 0 Å². The lowest BCUT2D eigenvalue weighted by atomic mass is 9.86. The van der Waals surface area contributed by atoms with Crippen molar-refractivity contribution in [3.05, 3.63) is 59.5 Å². The molecule has 28 heavy (non-hydrogen) atoms. The maximum absolute atomic E-state index is 12.3. The molecule has 0 radical (unpaired) electrons. The molecule has 0 aliphatic rings. The van der Waals surface area contributed by atoms with Gasteiger partial charge in [0, 0.05) is 18.7 Å². The minimum Gasteiger partial charge on any atom is -0.459 e. The highest BCUT2D eigenvalue weighted by atomic mass is 16.3. The molecule has 0 bridgehead atoms. The zero-order valence-electron chi connectivity index (χ0n) is 16.7. The number of rotatable bonds is 7. The van der Waals surface area contributed by atoms with E-state index in [-0.39, 0.29) is 42.0 Å². The first-order valence-corrected chi connectivity index (χ1v) is 9.19. The van der Waals surface area contributed by atoms with Gasteiger partial charge >= 0.3 is 0 Å². The van der Waals surface area contributed by atoms with Gasteiger partial charge in [0.1, 0.15) is 6.04 Å². The molecule has 0 fully saturated rings. The topological polar surface area (TPSA) is 100 Å². The molecular weight excluding hydrogens is 358 g/mol. The summed E-state index contributed by atoms with van der Waals surface area (Å²) in [5.74, 6) is -0.773. The van der Waals surface area contributed by atoms with Crippen molar-refractivity contribution in [2.24, 2.45) is 0 Å². The fourth-order valence-electron chi connectivity index (χ4n) is 2.48. The second-order valence-corrected chi connectivity index (χ2v) is 7.55. The summed E-state index contributed by atoms with van der Waals surface area (Å²) < 4.78 is 4.98. The standard InChI is InChI=1S/C21H27N3O4/c1-14(18(25)22-11-12-23-20(27)17-6-5-13-28-17)24-19(26)15-7-9-16(10-8-15)21(2,3)4/h5-10,13-14H,11-12H2,1-4H3,(H,22,25)(H,23,27)(H,24,26). The fraction of sp³-hybridized carbons (Fsp3) is 0.381. The summed E-state index contributed by atoms with van der Waals surface area (Å²) in [4.78, 5) is 36.1. The molecule has 0 saturated heterocycles. The Hall–Kier alpha value is -3.09. The number of furan rings is 1. The summed E-state index contributed by atoms with van der Waals surface area (Å²) in [5, 5.41) is 7.97. The Bertz CT molecular complexity index is 805. The van der Waals surface area contributed by atoms with Crippen LogP contribution in [-0.4, -0.2) is 36.9 Å². The van der Waals surface area contributed by atoms with Crippen LogP contribution in [-0.2, 0) is 10.2 Å². The molecule has 2 rings (SSSR count). The Morgan fingerprint density at radius 1 is 0.964 bits per heavy atom. The van der Waals surface area contributed by atoms with Crippen LogP contribution in [0.2, 0.25) is 0 Å². The van der Waals surface area contributed by atoms with E-state index in [1.54, 1.807) is 31.2 Å². The quantitative estimate of drug-likeness (QED) is 0.636. The SMILES string of the molecule is CC(NC(=O)c1ccc(C(C)(C)C)cc1)C(=O)NCCNC(=O)c1ccco1. The minimum atomic E-state index is -0.699. The first-order valence-electron chi connectivity index (χ1n) is 9.19. The molecular formula is C21H27N3O4. The molecule has 0 saturated carbocycles. The normalized spacial score (nSPS) is 12.1. The molecule has 0 aliphatic heterocycles. The van der Waals surface area contributed by atoms with Gasteiger partial charge in [0.2, 0.25) is 5.91 Å². The molecule has 2 aromatic rings. The Balaban J connectivity index is 1.75. The number of carbonyl (C=O) groups is 3. The lowest BCUT2D eigenvalue weighted by molar-refractivity contribution is -0.122. The van der Waals surface area contributed by atoms with E-state index in [0.29, 0.717) is 5.56 Å². The van der Waals surface area contributed by atoms with Gasteiger partial charge in [-0.3, -0.25) is 14.4 Å². The van der Waals surface area contributed by atoms with Crippen LogP contribution in [0.1, 0.15) is 54.2 Å². The highest BCUT2D eigenvalue weighted by Crippen LogP contribution is 2.22. The summed E-state index contributed by atoms with van der Waals surface area (Å²) in [6, 6.07) is 9.82. The third-order valence-electron chi connectivity index (χ3n) is 4.21. The van der Waals surface area contributed by atoms with Crippen molar-refractivity contribution in [2.45, 2.75) is 39.2 Å². The predicted molar refractivity (Wildman–Crippen MR) is 106 cm³/mol. The third kappa shape index (κ3) is 5.97. The van der Waals surface area contributed by atoms with Gasteiger partial charge in [-0.1, -0.05) is 32.9 Å². The van der Waals surface area contributed by atoms with Gasteiger partial charge in [0.05, 0.1) is 6.26 Å². The zero-order valence-corrected chi connectivity index (χ0v) is 16.7. The van der Waals surface area contributed by atoms with Crippen molar-refractivity contribution in [3.63, 3.8) is 0 Å². The van der Waals surface area contributed by atoms with Gasteiger partial charge in [-0.25, -0.2) is 0 Å². The largest absolute Gasteiger partial charge is 0.459 e. The van der Waals surface area contributed by atoms with Crippen LogP contribution < -0.4 is 16.0 Å². The van der Waals surface area contributed by atoms with Gasteiger partial charge in [0.15, 0.2) is 5.76 Å².